The van der Waals surface area contributed by atoms with Gasteiger partial charge in [-0.15, -0.1) is 0 Å². The first kappa shape index (κ1) is 18.2. The number of aromatic amines is 1. The van der Waals surface area contributed by atoms with Crippen LogP contribution in [-0.2, 0) is 4.79 Å². The van der Waals surface area contributed by atoms with Crippen molar-refractivity contribution in [2.45, 2.75) is 6.42 Å². The highest BCUT2D eigenvalue weighted by Crippen LogP contribution is 2.36. The van der Waals surface area contributed by atoms with Gasteiger partial charge in [-0.05, 0) is 47.9 Å². The molecule has 0 saturated carbocycles. The number of nitrogens with one attached hydrogen (secondary N) is 1. The number of H-pyrrole nitrogens is 1. The Morgan fingerprint density at radius 3 is 2.96 bits per heavy atom. The molecular weight excluding hydrogens is 361 g/mol. The van der Waals surface area contributed by atoms with Crippen molar-refractivity contribution in [3.8, 4) is 16.9 Å². The topological polar surface area (TPSA) is 78.5 Å². The van der Waals surface area contributed by atoms with E-state index in [1.54, 1.807) is 24.3 Å². The summed E-state index contributed by atoms with van der Waals surface area (Å²) in [6.45, 7) is 0.517. The van der Waals surface area contributed by atoms with Gasteiger partial charge in [0.05, 0.1) is 7.11 Å². The number of carbonyl (C=O) groups is 1. The van der Waals surface area contributed by atoms with Crippen LogP contribution in [0.4, 0.5) is 4.39 Å². The molecule has 6 nitrogen and oxygen atoms in total. The number of carbonyl (C=O) groups excluding carboxylic acids is 1. The van der Waals surface area contributed by atoms with Gasteiger partial charge in [0.1, 0.15) is 23.8 Å². The van der Waals surface area contributed by atoms with Crippen LogP contribution in [0.2, 0.25) is 0 Å². The summed E-state index contributed by atoms with van der Waals surface area (Å²) in [5.74, 6) is -0.0528. The highest BCUT2D eigenvalue weighted by atomic mass is 19.1. The van der Waals surface area contributed by atoms with E-state index < -0.39 is 6.61 Å². The number of hydrogen-bond acceptors (Lipinski definition) is 4. The zero-order valence-corrected chi connectivity index (χ0v) is 15.4. The summed E-state index contributed by atoms with van der Waals surface area (Å²) >= 11 is 0. The summed E-state index contributed by atoms with van der Waals surface area (Å²) in [6.07, 6.45) is 4.46. The van der Waals surface area contributed by atoms with E-state index >= 15 is 0 Å². The first-order valence-corrected chi connectivity index (χ1v) is 9.00. The molecule has 1 aliphatic rings. The SMILES string of the molecule is COc1ccc(F)cc1-c1ccnc2[nH]c(C3=CCCN(C(=O)CO)C3)cc12. The minimum absolute atomic E-state index is 0.287. The number of hydrogen-bond donors (Lipinski definition) is 2. The number of pyridine rings is 1. The number of ether oxygens (including phenoxy) is 1. The molecule has 4 rings (SSSR count). The lowest BCUT2D eigenvalue weighted by Crippen LogP contribution is -2.37. The number of aliphatic hydroxyl groups is 1. The van der Waals surface area contributed by atoms with Crippen LogP contribution < -0.4 is 4.74 Å². The van der Waals surface area contributed by atoms with Crippen molar-refractivity contribution in [1.82, 2.24) is 14.9 Å². The van der Waals surface area contributed by atoms with E-state index in [1.165, 1.54) is 12.1 Å². The third-order valence-corrected chi connectivity index (χ3v) is 4.97. The van der Waals surface area contributed by atoms with Crippen molar-refractivity contribution < 1.29 is 19.0 Å². The Bertz CT molecular complexity index is 1070. The molecule has 1 aliphatic heterocycles. The van der Waals surface area contributed by atoms with Gasteiger partial charge in [0.25, 0.3) is 0 Å². The molecule has 144 valence electrons. The van der Waals surface area contributed by atoms with E-state index in [9.17, 15) is 9.18 Å². The lowest BCUT2D eigenvalue weighted by Gasteiger charge is -2.26. The molecular formula is C21H20FN3O3. The molecule has 0 saturated heterocycles. The standard InChI is InChI=1S/C21H20FN3O3/c1-28-19-5-4-14(22)9-16(19)15-6-7-23-21-17(15)10-18(24-21)13-3-2-8-25(11-13)20(27)12-26/h3-7,9-10,26H,2,8,11-12H2,1H3,(H,23,24). The maximum absolute atomic E-state index is 13.9. The first-order chi connectivity index (χ1) is 13.6. The molecule has 0 fully saturated rings. The Kier molecular flexibility index (Phi) is 4.83. The van der Waals surface area contributed by atoms with Gasteiger partial charge in [-0.25, -0.2) is 9.37 Å². The minimum atomic E-state index is -0.495. The van der Waals surface area contributed by atoms with Crippen molar-refractivity contribution in [3.05, 3.63) is 54.1 Å². The molecule has 2 N–H and O–H groups in total. The molecule has 1 aromatic carbocycles. The second-order valence-corrected chi connectivity index (χ2v) is 6.64. The van der Waals surface area contributed by atoms with E-state index in [0.717, 1.165) is 22.2 Å². The summed E-state index contributed by atoms with van der Waals surface area (Å²) in [5, 5.41) is 9.96. The maximum Gasteiger partial charge on any atom is 0.248 e. The fraction of sp³-hybridized carbons (Fsp3) is 0.238. The minimum Gasteiger partial charge on any atom is -0.496 e. The summed E-state index contributed by atoms with van der Waals surface area (Å²) in [4.78, 5) is 21.1. The molecule has 0 spiro atoms. The number of amides is 1. The van der Waals surface area contributed by atoms with Crippen LogP contribution in [0, 0.1) is 5.82 Å². The molecule has 3 aromatic rings. The van der Waals surface area contributed by atoms with Crippen molar-refractivity contribution in [2.75, 3.05) is 26.8 Å². The number of rotatable bonds is 4. The highest BCUT2D eigenvalue weighted by molar-refractivity contribution is 5.97. The largest absolute Gasteiger partial charge is 0.496 e. The van der Waals surface area contributed by atoms with Crippen LogP contribution in [-0.4, -0.2) is 52.7 Å². The van der Waals surface area contributed by atoms with Crippen LogP contribution in [0.1, 0.15) is 12.1 Å². The van der Waals surface area contributed by atoms with Crippen LogP contribution >= 0.6 is 0 Å². The number of aromatic nitrogens is 2. The van der Waals surface area contributed by atoms with E-state index in [0.29, 0.717) is 36.5 Å². The van der Waals surface area contributed by atoms with Crippen molar-refractivity contribution in [2.24, 2.45) is 0 Å². The monoisotopic (exact) mass is 381 g/mol. The van der Waals surface area contributed by atoms with Gasteiger partial charge in [-0.1, -0.05) is 6.08 Å². The van der Waals surface area contributed by atoms with Gasteiger partial charge >= 0.3 is 0 Å². The van der Waals surface area contributed by atoms with E-state index in [-0.39, 0.29) is 11.7 Å². The summed E-state index contributed by atoms with van der Waals surface area (Å²) in [6, 6.07) is 8.20. The number of aliphatic hydroxyl groups excluding tert-OH is 1. The Morgan fingerprint density at radius 2 is 2.18 bits per heavy atom. The number of halogens is 1. The zero-order chi connectivity index (χ0) is 19.7. The van der Waals surface area contributed by atoms with Crippen LogP contribution in [0.25, 0.3) is 27.7 Å². The second kappa shape index (κ2) is 7.44. The first-order valence-electron chi connectivity index (χ1n) is 9.00. The van der Waals surface area contributed by atoms with Crippen molar-refractivity contribution in [1.29, 1.82) is 0 Å². The lowest BCUT2D eigenvalue weighted by atomic mass is 10.0. The van der Waals surface area contributed by atoms with Gasteiger partial charge in [-0.2, -0.15) is 0 Å². The summed E-state index contributed by atoms with van der Waals surface area (Å²) in [7, 11) is 1.55. The molecule has 0 bridgehead atoms. The van der Waals surface area contributed by atoms with Crippen LogP contribution in [0.3, 0.4) is 0 Å². The summed E-state index contributed by atoms with van der Waals surface area (Å²) in [5.41, 5.74) is 3.94. The van der Waals surface area contributed by atoms with Crippen molar-refractivity contribution in [3.63, 3.8) is 0 Å². The summed E-state index contributed by atoms with van der Waals surface area (Å²) < 4.78 is 19.3. The molecule has 3 heterocycles. The highest BCUT2D eigenvalue weighted by Gasteiger charge is 2.20. The Balaban J connectivity index is 1.77. The number of methoxy groups -OCH3 is 1. The second-order valence-electron chi connectivity index (χ2n) is 6.64. The number of fused-ring (bicyclic) bond motifs is 1. The van der Waals surface area contributed by atoms with E-state index in [4.69, 9.17) is 9.84 Å². The molecule has 0 atom stereocenters. The molecule has 0 radical (unpaired) electrons. The van der Waals surface area contributed by atoms with Gasteiger partial charge in [0.15, 0.2) is 0 Å². The maximum atomic E-state index is 13.9. The predicted octanol–water partition coefficient (Wildman–Crippen LogP) is 2.99. The fourth-order valence-electron chi connectivity index (χ4n) is 3.58. The van der Waals surface area contributed by atoms with Gasteiger partial charge in [0.2, 0.25) is 5.91 Å². The smallest absolute Gasteiger partial charge is 0.248 e. The average Bonchev–Trinajstić information content (AvgIpc) is 3.17. The zero-order valence-electron chi connectivity index (χ0n) is 15.4. The third-order valence-electron chi connectivity index (χ3n) is 4.97. The van der Waals surface area contributed by atoms with E-state index in [1.807, 2.05) is 12.1 Å². The Hall–Kier alpha value is -3.19. The molecule has 7 heteroatoms. The Morgan fingerprint density at radius 1 is 1.32 bits per heavy atom. The van der Waals surface area contributed by atoms with Crippen LogP contribution in [0.15, 0.2) is 42.6 Å². The predicted molar refractivity (Wildman–Crippen MR) is 104 cm³/mol. The molecule has 0 aliphatic carbocycles. The Labute approximate surface area is 161 Å². The van der Waals surface area contributed by atoms with Crippen molar-refractivity contribution >= 4 is 22.5 Å². The van der Waals surface area contributed by atoms with Gasteiger partial charge < -0.3 is 19.7 Å². The number of nitrogens with zero attached hydrogens (tertiary/aromatic N) is 2. The molecule has 2 aromatic heterocycles. The van der Waals surface area contributed by atoms with E-state index in [2.05, 4.69) is 16.0 Å². The fourth-order valence-corrected chi connectivity index (χ4v) is 3.58. The normalized spacial score (nSPS) is 14.2. The molecule has 28 heavy (non-hydrogen) atoms. The third kappa shape index (κ3) is 3.25. The number of benzene rings is 1. The van der Waals surface area contributed by atoms with Gasteiger partial charge in [0, 0.05) is 35.9 Å². The van der Waals surface area contributed by atoms with Crippen LogP contribution in [0.5, 0.6) is 5.75 Å². The quantitative estimate of drug-likeness (QED) is 0.728. The molecule has 0 unspecified atom stereocenters. The average molecular weight is 381 g/mol. The lowest BCUT2D eigenvalue weighted by molar-refractivity contribution is -0.133. The molecule has 1 amide bonds. The van der Waals surface area contributed by atoms with Gasteiger partial charge in [-0.3, -0.25) is 4.79 Å².